The molecule has 8 rings (SSSR count). The average molecular weight is 896 g/mol. The lowest BCUT2D eigenvalue weighted by atomic mass is 9.92. The Hall–Kier alpha value is -5.68. The van der Waals surface area contributed by atoms with E-state index >= 15 is 0 Å². The van der Waals surface area contributed by atoms with Crippen LogP contribution in [0, 0.1) is 13.8 Å². The molecule has 3 aliphatic heterocycles. The molecule has 1 fully saturated rings. The van der Waals surface area contributed by atoms with E-state index in [1.165, 1.54) is 11.3 Å². The van der Waals surface area contributed by atoms with Crippen LogP contribution in [-0.2, 0) is 36.0 Å². The minimum Gasteiger partial charge on any atom is -0.385 e. The monoisotopic (exact) mass is 895 g/mol. The molecule has 0 atom stereocenters. The van der Waals surface area contributed by atoms with Crippen molar-refractivity contribution < 1.29 is 23.2 Å². The van der Waals surface area contributed by atoms with Gasteiger partial charge in [0.25, 0.3) is 12.3 Å². The molecular formula is C47H59F2N11O3S. The Bertz CT molecular complexity index is 2470. The van der Waals surface area contributed by atoms with Crippen molar-refractivity contribution in [2.45, 2.75) is 97.6 Å². The number of hydrogen-bond acceptors (Lipinski definition) is 10. The first-order valence-electron chi connectivity index (χ1n) is 22.6. The fourth-order valence-corrected chi connectivity index (χ4v) is 9.99. The standard InChI is InChI=1S/C47H59F2N11O3S/c1-30-22-35(11-12-37(30)46(63)54-47-52-25-31(2)64-47)50-16-7-5-6-8-17-51-43(62)29-57-19-13-36(14-20-57)60-41-15-21-58(32(3)61)28-40(41)45(55-60)59-18-9-10-33-23-38(34-26-53-56(4)27-34)39(44(48)49)24-42(33)59/h11-12,22-27,36,44,50H,5-10,13-21,28-29H2,1-4H3,(H,51,62)(H,52,54,63). The van der Waals surface area contributed by atoms with Crippen molar-refractivity contribution in [2.24, 2.45) is 7.05 Å². The number of rotatable bonds is 16. The Morgan fingerprint density at radius 2 is 1.75 bits per heavy atom. The van der Waals surface area contributed by atoms with Crippen molar-refractivity contribution in [3.05, 3.63) is 87.3 Å². The average Bonchev–Trinajstić information content (AvgIpc) is 4.01. The fraction of sp³-hybridized carbons (Fsp3) is 0.489. The lowest BCUT2D eigenvalue weighted by Gasteiger charge is -2.33. The summed E-state index contributed by atoms with van der Waals surface area (Å²) in [4.78, 5) is 49.7. The van der Waals surface area contributed by atoms with E-state index in [0.29, 0.717) is 61.0 Å². The highest BCUT2D eigenvalue weighted by molar-refractivity contribution is 7.15. The smallest absolute Gasteiger partial charge is 0.264 e. The van der Waals surface area contributed by atoms with E-state index < -0.39 is 6.43 Å². The van der Waals surface area contributed by atoms with Gasteiger partial charge in [0.1, 0.15) is 0 Å². The van der Waals surface area contributed by atoms with Crippen LogP contribution in [0.5, 0.6) is 0 Å². The van der Waals surface area contributed by atoms with E-state index in [-0.39, 0.29) is 29.3 Å². The lowest BCUT2D eigenvalue weighted by molar-refractivity contribution is -0.129. The van der Waals surface area contributed by atoms with Gasteiger partial charge in [0.05, 0.1) is 25.3 Å². The molecule has 3 amide bonds. The molecule has 3 N–H and O–H groups in total. The molecule has 0 aliphatic carbocycles. The van der Waals surface area contributed by atoms with Crippen LogP contribution >= 0.6 is 11.3 Å². The SMILES string of the molecule is CC(=O)N1CCc2c(c(N3CCCc4cc(-c5cnn(C)c5)c(C(F)F)cc43)nn2C2CCN(CC(=O)NCCCCCCNc3ccc(C(=O)Nc4ncc(C)s4)c(C)c3)CC2)C1. The predicted molar refractivity (Wildman–Crippen MR) is 247 cm³/mol. The number of unbranched alkanes of at least 4 members (excludes halogenated alkanes) is 3. The second-order valence-electron chi connectivity index (χ2n) is 17.4. The summed E-state index contributed by atoms with van der Waals surface area (Å²) in [7, 11) is 1.78. The number of alkyl halides is 2. The first kappa shape index (κ1) is 44.9. The van der Waals surface area contributed by atoms with E-state index in [0.717, 1.165) is 115 Å². The minimum absolute atomic E-state index is 0.00477. The number of nitrogens with zero attached hydrogens (tertiary/aromatic N) is 8. The molecule has 2 aromatic carbocycles. The summed E-state index contributed by atoms with van der Waals surface area (Å²) in [5, 5.41) is 19.6. The number of piperidine rings is 1. The fourth-order valence-electron chi connectivity index (χ4n) is 9.33. The maximum absolute atomic E-state index is 14.7. The number of halogens is 2. The number of benzene rings is 2. The van der Waals surface area contributed by atoms with Crippen LogP contribution in [0.4, 0.5) is 31.1 Å². The molecule has 0 spiro atoms. The third-order valence-corrected chi connectivity index (χ3v) is 13.6. The van der Waals surface area contributed by atoms with Crippen molar-refractivity contribution in [1.82, 2.24) is 39.7 Å². The molecule has 0 bridgehead atoms. The lowest BCUT2D eigenvalue weighted by Crippen LogP contribution is -2.42. The van der Waals surface area contributed by atoms with Gasteiger partial charge in [0.2, 0.25) is 11.8 Å². The number of fused-ring (bicyclic) bond motifs is 2. The summed E-state index contributed by atoms with van der Waals surface area (Å²) >= 11 is 1.45. The molecule has 6 heterocycles. The molecule has 3 aromatic heterocycles. The number of aromatic nitrogens is 5. The van der Waals surface area contributed by atoms with Crippen LogP contribution in [0.1, 0.15) is 108 Å². The zero-order valence-electron chi connectivity index (χ0n) is 37.3. The van der Waals surface area contributed by atoms with Crippen molar-refractivity contribution in [3.8, 4) is 11.1 Å². The van der Waals surface area contributed by atoms with Crippen LogP contribution in [-0.4, -0.2) is 97.9 Å². The first-order chi connectivity index (χ1) is 30.9. The second-order valence-corrected chi connectivity index (χ2v) is 18.6. The van der Waals surface area contributed by atoms with Crippen molar-refractivity contribution in [2.75, 3.05) is 61.3 Å². The van der Waals surface area contributed by atoms with Gasteiger partial charge in [0.15, 0.2) is 10.9 Å². The molecule has 1 saturated heterocycles. The van der Waals surface area contributed by atoms with E-state index in [2.05, 4.69) is 40.5 Å². The normalized spacial score (nSPS) is 15.6. The van der Waals surface area contributed by atoms with Gasteiger partial charge in [0, 0.05) is 116 Å². The highest BCUT2D eigenvalue weighted by atomic mass is 32.1. The van der Waals surface area contributed by atoms with Gasteiger partial charge in [-0.25, -0.2) is 13.8 Å². The summed E-state index contributed by atoms with van der Waals surface area (Å²) in [6.45, 7) is 10.5. The Kier molecular flexibility index (Phi) is 14.0. The van der Waals surface area contributed by atoms with E-state index in [1.54, 1.807) is 43.3 Å². The topological polar surface area (TPSA) is 146 Å². The predicted octanol–water partition coefficient (Wildman–Crippen LogP) is 7.96. The number of hydrogen-bond donors (Lipinski definition) is 3. The molecular weight excluding hydrogens is 837 g/mol. The summed E-state index contributed by atoms with van der Waals surface area (Å²) < 4.78 is 33.2. The van der Waals surface area contributed by atoms with Crippen LogP contribution in [0.2, 0.25) is 0 Å². The Balaban J connectivity index is 0.806. The number of carbonyl (C=O) groups is 3. The first-order valence-corrected chi connectivity index (χ1v) is 23.4. The third-order valence-electron chi connectivity index (χ3n) is 12.7. The number of anilines is 4. The number of amides is 3. The minimum atomic E-state index is -2.67. The third kappa shape index (κ3) is 10.3. The number of nitrogens with one attached hydrogen (secondary N) is 3. The largest absolute Gasteiger partial charge is 0.385 e. The van der Waals surface area contributed by atoms with Crippen molar-refractivity contribution in [1.29, 1.82) is 0 Å². The summed E-state index contributed by atoms with van der Waals surface area (Å²) in [5.41, 5.74) is 7.51. The van der Waals surface area contributed by atoms with Crippen molar-refractivity contribution in [3.63, 3.8) is 0 Å². The van der Waals surface area contributed by atoms with Crippen LogP contribution < -0.4 is 20.9 Å². The molecule has 0 unspecified atom stereocenters. The number of carbonyl (C=O) groups excluding carboxylic acids is 3. The summed E-state index contributed by atoms with van der Waals surface area (Å²) in [6.07, 6.45) is 10.4. The van der Waals surface area contributed by atoms with Crippen LogP contribution in [0.25, 0.3) is 11.1 Å². The molecule has 64 heavy (non-hydrogen) atoms. The van der Waals surface area contributed by atoms with Gasteiger partial charge in [-0.15, -0.1) is 11.3 Å². The molecule has 17 heteroatoms. The number of aryl methyl sites for hydroxylation is 4. The van der Waals surface area contributed by atoms with Gasteiger partial charge >= 0.3 is 0 Å². The van der Waals surface area contributed by atoms with Gasteiger partial charge in [-0.1, -0.05) is 12.8 Å². The summed E-state index contributed by atoms with van der Waals surface area (Å²) in [5.74, 6) is 0.634. The Morgan fingerprint density at radius 1 is 0.953 bits per heavy atom. The van der Waals surface area contributed by atoms with E-state index in [1.807, 2.05) is 43.0 Å². The second kappa shape index (κ2) is 20.0. The van der Waals surface area contributed by atoms with E-state index in [4.69, 9.17) is 5.10 Å². The van der Waals surface area contributed by atoms with Gasteiger partial charge in [-0.05, 0) is 99.4 Å². The Morgan fingerprint density at radius 3 is 2.45 bits per heavy atom. The van der Waals surface area contributed by atoms with Gasteiger partial charge in [-0.3, -0.25) is 34.0 Å². The zero-order valence-corrected chi connectivity index (χ0v) is 38.1. The quantitative estimate of drug-likeness (QED) is 0.0841. The number of thiazole rings is 1. The zero-order chi connectivity index (χ0) is 44.9. The molecule has 0 saturated carbocycles. The summed E-state index contributed by atoms with van der Waals surface area (Å²) in [6, 6.07) is 9.44. The Labute approximate surface area is 377 Å². The molecule has 3 aliphatic rings. The molecule has 5 aromatic rings. The maximum Gasteiger partial charge on any atom is 0.264 e. The highest BCUT2D eigenvalue weighted by Crippen LogP contribution is 2.43. The molecule has 0 radical (unpaired) electrons. The van der Waals surface area contributed by atoms with Gasteiger partial charge in [-0.2, -0.15) is 10.2 Å². The van der Waals surface area contributed by atoms with Gasteiger partial charge < -0.3 is 20.4 Å². The van der Waals surface area contributed by atoms with E-state index in [9.17, 15) is 23.2 Å². The van der Waals surface area contributed by atoms with Crippen LogP contribution in [0.15, 0.2) is 48.9 Å². The molecule has 340 valence electrons. The highest BCUT2D eigenvalue weighted by Gasteiger charge is 2.35. The van der Waals surface area contributed by atoms with Crippen molar-refractivity contribution >= 4 is 51.4 Å². The van der Waals surface area contributed by atoms with Crippen LogP contribution in [0.3, 0.4) is 0 Å². The maximum atomic E-state index is 14.7. The molecule has 14 nitrogen and oxygen atoms in total. The number of likely N-dealkylation sites (tertiary alicyclic amines) is 1.